The van der Waals surface area contributed by atoms with E-state index in [1.54, 1.807) is 12.1 Å². The predicted octanol–water partition coefficient (Wildman–Crippen LogP) is 6.33. The van der Waals surface area contributed by atoms with Gasteiger partial charge in [0.1, 0.15) is 5.52 Å². The second-order valence-electron chi connectivity index (χ2n) is 6.94. The van der Waals surface area contributed by atoms with E-state index in [0.717, 1.165) is 33.4 Å². The summed E-state index contributed by atoms with van der Waals surface area (Å²) in [6.45, 7) is 5.86. The van der Waals surface area contributed by atoms with Gasteiger partial charge in [0.05, 0.1) is 0 Å². The molecule has 0 aliphatic rings. The third kappa shape index (κ3) is 3.51. The average molecular weight is 391 g/mol. The fourth-order valence-corrected chi connectivity index (χ4v) is 3.15. The summed E-state index contributed by atoms with van der Waals surface area (Å²) < 4.78 is 5.91. The van der Waals surface area contributed by atoms with Crippen LogP contribution in [0.2, 0.25) is 5.02 Å². The Bertz CT molecular complexity index is 1210. The number of amides is 1. The van der Waals surface area contributed by atoms with Gasteiger partial charge in [-0.3, -0.25) is 4.79 Å². The van der Waals surface area contributed by atoms with Gasteiger partial charge in [0.15, 0.2) is 5.58 Å². The molecule has 1 amide bonds. The molecule has 1 heterocycles. The first-order chi connectivity index (χ1) is 13.4. The van der Waals surface area contributed by atoms with E-state index in [2.05, 4.69) is 10.3 Å². The first-order valence-electron chi connectivity index (χ1n) is 8.96. The van der Waals surface area contributed by atoms with E-state index in [4.69, 9.17) is 16.0 Å². The summed E-state index contributed by atoms with van der Waals surface area (Å²) in [4.78, 5) is 17.2. The zero-order valence-corrected chi connectivity index (χ0v) is 16.6. The van der Waals surface area contributed by atoms with Crippen LogP contribution in [-0.2, 0) is 0 Å². The molecule has 1 N–H and O–H groups in total. The van der Waals surface area contributed by atoms with E-state index in [0.29, 0.717) is 22.2 Å². The first-order valence-corrected chi connectivity index (χ1v) is 9.34. The van der Waals surface area contributed by atoms with Crippen LogP contribution in [0.15, 0.2) is 59.0 Å². The number of anilines is 1. The van der Waals surface area contributed by atoms with Gasteiger partial charge in [0.2, 0.25) is 5.89 Å². The van der Waals surface area contributed by atoms with Crippen LogP contribution in [0, 0.1) is 20.8 Å². The highest BCUT2D eigenvalue weighted by Gasteiger charge is 2.13. The number of rotatable bonds is 3. The number of aryl methyl sites for hydroxylation is 3. The van der Waals surface area contributed by atoms with Gasteiger partial charge in [-0.2, -0.15) is 0 Å². The Labute approximate surface area is 168 Å². The summed E-state index contributed by atoms with van der Waals surface area (Å²) in [5.41, 5.74) is 6.57. The van der Waals surface area contributed by atoms with Crippen molar-refractivity contribution in [1.29, 1.82) is 0 Å². The molecule has 0 atom stereocenters. The van der Waals surface area contributed by atoms with Crippen molar-refractivity contribution in [3.63, 3.8) is 0 Å². The molecule has 1 aromatic heterocycles. The van der Waals surface area contributed by atoms with Crippen molar-refractivity contribution in [1.82, 2.24) is 4.98 Å². The number of halogens is 1. The van der Waals surface area contributed by atoms with E-state index < -0.39 is 0 Å². The number of benzene rings is 3. The molecular weight excluding hydrogens is 372 g/mol. The molecule has 0 aliphatic carbocycles. The molecule has 140 valence electrons. The maximum Gasteiger partial charge on any atom is 0.255 e. The molecule has 4 rings (SSSR count). The molecule has 0 bridgehead atoms. The molecule has 0 spiro atoms. The molecule has 3 aromatic carbocycles. The zero-order chi connectivity index (χ0) is 19.8. The van der Waals surface area contributed by atoms with Crippen LogP contribution in [0.5, 0.6) is 0 Å². The van der Waals surface area contributed by atoms with Gasteiger partial charge in [-0.15, -0.1) is 0 Å². The van der Waals surface area contributed by atoms with Gasteiger partial charge in [0, 0.05) is 21.8 Å². The SMILES string of the molecule is Cc1ccc2nc(-c3ccc(C)c(NC(=O)c4ccc(C)c(Cl)c4)c3)oc2c1. The molecule has 28 heavy (non-hydrogen) atoms. The third-order valence-corrected chi connectivity index (χ3v) is 5.12. The number of fused-ring (bicyclic) bond motifs is 1. The maximum absolute atomic E-state index is 12.6. The lowest BCUT2D eigenvalue weighted by molar-refractivity contribution is 0.102. The number of carbonyl (C=O) groups is 1. The standard InChI is InChI=1S/C23H19ClN2O2/c1-13-4-9-19-21(10-13)28-23(26-19)17-8-6-15(3)20(12-17)25-22(27)16-7-5-14(2)18(24)11-16/h4-12H,1-3H3,(H,25,27). The number of aromatic nitrogens is 1. The molecule has 0 saturated heterocycles. The fourth-order valence-electron chi connectivity index (χ4n) is 2.97. The minimum Gasteiger partial charge on any atom is -0.436 e. The number of nitrogens with zero attached hydrogens (tertiary/aromatic N) is 1. The molecule has 4 aromatic rings. The lowest BCUT2D eigenvalue weighted by Crippen LogP contribution is -2.13. The van der Waals surface area contributed by atoms with Crippen LogP contribution in [0.25, 0.3) is 22.6 Å². The van der Waals surface area contributed by atoms with Crippen molar-refractivity contribution >= 4 is 34.3 Å². The van der Waals surface area contributed by atoms with Gasteiger partial charge < -0.3 is 9.73 Å². The molecule has 0 aliphatic heterocycles. The lowest BCUT2D eigenvalue weighted by Gasteiger charge is -2.10. The Balaban J connectivity index is 1.66. The normalized spacial score (nSPS) is 11.0. The number of oxazole rings is 1. The van der Waals surface area contributed by atoms with Crippen molar-refractivity contribution in [3.8, 4) is 11.5 Å². The lowest BCUT2D eigenvalue weighted by atomic mass is 10.1. The molecular formula is C23H19ClN2O2. The summed E-state index contributed by atoms with van der Waals surface area (Å²) in [5, 5.41) is 3.53. The van der Waals surface area contributed by atoms with E-state index in [1.165, 1.54) is 0 Å². The van der Waals surface area contributed by atoms with Crippen molar-refractivity contribution in [3.05, 3.63) is 81.9 Å². The number of nitrogens with one attached hydrogen (secondary N) is 1. The van der Waals surface area contributed by atoms with E-state index in [9.17, 15) is 4.79 Å². The third-order valence-electron chi connectivity index (χ3n) is 4.71. The van der Waals surface area contributed by atoms with Gasteiger partial charge >= 0.3 is 0 Å². The Hall–Kier alpha value is -3.11. The smallest absolute Gasteiger partial charge is 0.255 e. The van der Waals surface area contributed by atoms with Gasteiger partial charge in [-0.25, -0.2) is 4.98 Å². The average Bonchev–Trinajstić information content (AvgIpc) is 3.08. The second kappa shape index (κ2) is 7.13. The van der Waals surface area contributed by atoms with E-state index in [-0.39, 0.29) is 5.91 Å². The highest BCUT2D eigenvalue weighted by molar-refractivity contribution is 6.31. The summed E-state index contributed by atoms with van der Waals surface area (Å²) >= 11 is 6.15. The van der Waals surface area contributed by atoms with Gasteiger partial charge in [-0.1, -0.05) is 29.8 Å². The van der Waals surface area contributed by atoms with E-state index in [1.807, 2.05) is 63.2 Å². The fraction of sp³-hybridized carbons (Fsp3) is 0.130. The van der Waals surface area contributed by atoms with Crippen LogP contribution >= 0.6 is 11.6 Å². The summed E-state index contributed by atoms with van der Waals surface area (Å²) in [7, 11) is 0. The molecule has 4 nitrogen and oxygen atoms in total. The molecule has 0 fully saturated rings. The molecule has 0 unspecified atom stereocenters. The van der Waals surface area contributed by atoms with Crippen LogP contribution in [-0.4, -0.2) is 10.9 Å². The maximum atomic E-state index is 12.6. The monoisotopic (exact) mass is 390 g/mol. The Morgan fingerprint density at radius 2 is 1.75 bits per heavy atom. The van der Waals surface area contributed by atoms with E-state index >= 15 is 0 Å². The van der Waals surface area contributed by atoms with Crippen molar-refractivity contribution in [2.24, 2.45) is 0 Å². The van der Waals surface area contributed by atoms with Crippen LogP contribution in [0.4, 0.5) is 5.69 Å². The quantitative estimate of drug-likeness (QED) is 0.445. The Kier molecular flexibility index (Phi) is 4.65. The second-order valence-corrected chi connectivity index (χ2v) is 7.35. The largest absolute Gasteiger partial charge is 0.436 e. The highest BCUT2D eigenvalue weighted by Crippen LogP contribution is 2.29. The topological polar surface area (TPSA) is 55.1 Å². The Morgan fingerprint density at radius 3 is 2.54 bits per heavy atom. The number of hydrogen-bond donors (Lipinski definition) is 1. The number of carbonyl (C=O) groups excluding carboxylic acids is 1. The van der Waals surface area contributed by atoms with Crippen molar-refractivity contribution < 1.29 is 9.21 Å². The Morgan fingerprint density at radius 1 is 0.964 bits per heavy atom. The summed E-state index contributed by atoms with van der Waals surface area (Å²) in [6, 6.07) is 16.9. The van der Waals surface area contributed by atoms with Crippen molar-refractivity contribution in [2.45, 2.75) is 20.8 Å². The number of hydrogen-bond acceptors (Lipinski definition) is 3. The minimum absolute atomic E-state index is 0.213. The predicted molar refractivity (Wildman–Crippen MR) is 113 cm³/mol. The first kappa shape index (κ1) is 18.3. The van der Waals surface area contributed by atoms with Gasteiger partial charge in [0.25, 0.3) is 5.91 Å². The minimum atomic E-state index is -0.213. The zero-order valence-electron chi connectivity index (χ0n) is 15.8. The summed E-state index contributed by atoms with van der Waals surface area (Å²) in [6.07, 6.45) is 0. The molecule has 0 saturated carbocycles. The van der Waals surface area contributed by atoms with Crippen molar-refractivity contribution in [2.75, 3.05) is 5.32 Å². The van der Waals surface area contributed by atoms with Crippen LogP contribution in [0.1, 0.15) is 27.0 Å². The van der Waals surface area contributed by atoms with Crippen LogP contribution in [0.3, 0.4) is 0 Å². The summed E-state index contributed by atoms with van der Waals surface area (Å²) in [5.74, 6) is 0.310. The van der Waals surface area contributed by atoms with Crippen LogP contribution < -0.4 is 5.32 Å². The van der Waals surface area contributed by atoms with Gasteiger partial charge in [-0.05, 0) is 73.9 Å². The molecule has 5 heteroatoms. The highest BCUT2D eigenvalue weighted by atomic mass is 35.5. The molecule has 0 radical (unpaired) electrons.